The molecular weight excluding hydrogens is 225 g/mol. The third-order valence-electron chi connectivity index (χ3n) is 0.675. The van der Waals surface area contributed by atoms with Crippen LogP contribution < -0.4 is 0 Å². The van der Waals surface area contributed by atoms with Gasteiger partial charge in [0, 0.05) is 0 Å². The zero-order valence-corrected chi connectivity index (χ0v) is 10.5. The van der Waals surface area contributed by atoms with Gasteiger partial charge < -0.3 is 19.8 Å². The Kier molecular flexibility index (Phi) is 12.6. The van der Waals surface area contributed by atoms with Crippen LogP contribution in [0, 0.1) is 13.2 Å². The van der Waals surface area contributed by atoms with Crippen molar-refractivity contribution in [2.24, 2.45) is 0 Å². The fourth-order valence-corrected chi connectivity index (χ4v) is 0. The average molecular weight is 236 g/mol. The molecule has 68 valence electrons. The van der Waals surface area contributed by atoms with E-state index in [1.54, 1.807) is 0 Å². The number of aliphatic carboxylic acids is 2. The van der Waals surface area contributed by atoms with Crippen LogP contribution in [0.4, 0.5) is 0 Å². The molecule has 0 aliphatic rings. The predicted octanol–water partition coefficient (Wildman–Crippen LogP) is 0.898. The van der Waals surface area contributed by atoms with Gasteiger partial charge in [0.2, 0.25) is 0 Å². The smallest absolute Gasteiger partial charge is 0.562 e. The number of rotatable bonds is 2. The van der Waals surface area contributed by atoms with Gasteiger partial charge in [-0.05, 0) is 0 Å². The first-order valence-electron chi connectivity index (χ1n) is 2.93. The molecule has 0 unspecified atom stereocenters. The summed E-state index contributed by atoms with van der Waals surface area (Å²) in [5.74, 6) is -2.09. The number of carboxylic acid groups (broad SMARTS) is 2. The number of hydrogen-bond acceptors (Lipinski definition) is 2. The van der Waals surface area contributed by atoms with Crippen LogP contribution in [0.15, 0.2) is 11.1 Å². The molecule has 0 rings (SSSR count). The maximum absolute atomic E-state index is 9.54. The second-order valence-corrected chi connectivity index (χ2v) is 1.98. The molecule has 4 nitrogen and oxygen atoms in total. The molecule has 0 saturated heterocycles. The summed E-state index contributed by atoms with van der Waals surface area (Å²) in [6.07, 6.45) is 0. The molecule has 0 saturated carbocycles. The van der Waals surface area contributed by atoms with Crippen molar-refractivity contribution >= 4 is 11.9 Å². The number of carboxylic acids is 2. The van der Waals surface area contributed by atoms with Crippen LogP contribution in [0.5, 0.6) is 0 Å². The van der Waals surface area contributed by atoms with E-state index in [0.717, 1.165) is 0 Å². The summed E-state index contributed by atoms with van der Waals surface area (Å²) < 4.78 is 0. The molecular formula is C8H10O4Zn. The van der Waals surface area contributed by atoms with E-state index in [1.807, 2.05) is 0 Å². The molecule has 13 heavy (non-hydrogen) atoms. The summed E-state index contributed by atoms with van der Waals surface area (Å²) in [4.78, 5) is 19.1. The van der Waals surface area contributed by atoms with Gasteiger partial charge in [0.05, 0.1) is 0 Å². The average Bonchev–Trinajstić information content (AvgIpc) is 1.88. The Morgan fingerprint density at radius 3 is 1.00 bits per heavy atom. The van der Waals surface area contributed by atoms with Crippen LogP contribution in [-0.2, 0) is 29.1 Å². The Bertz CT molecular complexity index is 172. The first-order chi connectivity index (χ1) is 5.29. The van der Waals surface area contributed by atoms with Gasteiger partial charge in [-0.1, -0.05) is 13.8 Å². The molecule has 0 aromatic rings. The van der Waals surface area contributed by atoms with E-state index >= 15 is 0 Å². The van der Waals surface area contributed by atoms with Gasteiger partial charge in [0.25, 0.3) is 0 Å². The monoisotopic (exact) mass is 234 g/mol. The minimum atomic E-state index is -1.05. The van der Waals surface area contributed by atoms with Gasteiger partial charge in [0.15, 0.2) is 11.9 Å². The molecule has 0 aliphatic heterocycles. The van der Waals surface area contributed by atoms with Crippen LogP contribution in [0.25, 0.3) is 0 Å². The van der Waals surface area contributed by atoms with Crippen molar-refractivity contribution in [3.8, 4) is 0 Å². The number of carbonyl (C=O) groups is 2. The Balaban J connectivity index is -0.000000143. The fraction of sp³-hybridized carbons (Fsp3) is 0.250. The first kappa shape index (κ1) is 18.0. The zero-order chi connectivity index (χ0) is 10.3. The van der Waals surface area contributed by atoms with Gasteiger partial charge in [-0.3, -0.25) is 13.2 Å². The van der Waals surface area contributed by atoms with E-state index in [4.69, 9.17) is 23.4 Å². The van der Waals surface area contributed by atoms with Crippen molar-refractivity contribution in [2.75, 3.05) is 0 Å². The molecule has 0 radical (unpaired) electrons. The summed E-state index contributed by atoms with van der Waals surface area (Å²) in [5, 5.41) is 15.7. The molecule has 0 atom stereocenters. The van der Waals surface area contributed by atoms with E-state index in [0.29, 0.717) is 0 Å². The third kappa shape index (κ3) is 18.2. The van der Waals surface area contributed by atoms with Gasteiger partial charge in [-0.2, -0.15) is 0 Å². The summed E-state index contributed by atoms with van der Waals surface area (Å²) in [6, 6.07) is 0. The second kappa shape index (κ2) is 9.13. The first-order valence-corrected chi connectivity index (χ1v) is 2.93. The molecule has 0 bridgehead atoms. The van der Waals surface area contributed by atoms with Crippen molar-refractivity contribution in [1.29, 1.82) is 0 Å². The summed E-state index contributed by atoms with van der Waals surface area (Å²) in [7, 11) is 0. The molecule has 0 aromatic carbocycles. The van der Waals surface area contributed by atoms with Crippen LogP contribution >= 0.6 is 0 Å². The molecule has 2 N–H and O–H groups in total. The summed E-state index contributed by atoms with van der Waals surface area (Å²) in [6.45, 7) is 12.2. The van der Waals surface area contributed by atoms with Crippen molar-refractivity contribution < 1.29 is 39.3 Å². The normalized spacial score (nSPS) is 6.92. The largest absolute Gasteiger partial charge is 2.00 e. The van der Waals surface area contributed by atoms with Crippen LogP contribution in [0.1, 0.15) is 13.8 Å². The van der Waals surface area contributed by atoms with Crippen molar-refractivity contribution in [1.82, 2.24) is 0 Å². The molecule has 0 heterocycles. The van der Waals surface area contributed by atoms with E-state index in [1.165, 1.54) is 13.8 Å². The minimum Gasteiger partial charge on any atom is -0.562 e. The maximum Gasteiger partial charge on any atom is 2.00 e. The van der Waals surface area contributed by atoms with E-state index in [9.17, 15) is 9.59 Å². The molecule has 0 aliphatic carbocycles. The van der Waals surface area contributed by atoms with Crippen molar-refractivity contribution in [3.63, 3.8) is 0 Å². The Hall–Kier alpha value is -0.957. The Labute approximate surface area is 89.7 Å². The summed E-state index contributed by atoms with van der Waals surface area (Å²) in [5.41, 5.74) is -0.148. The van der Waals surface area contributed by atoms with Crippen molar-refractivity contribution in [3.05, 3.63) is 24.3 Å². The fourth-order valence-electron chi connectivity index (χ4n) is 0. The van der Waals surface area contributed by atoms with E-state index < -0.39 is 11.9 Å². The van der Waals surface area contributed by atoms with Crippen molar-refractivity contribution in [2.45, 2.75) is 13.8 Å². The SMILES string of the molecule is [CH-]=C(C)C(=O)O.[CH-]=C(C)C(=O)O.[Zn+2]. The van der Waals surface area contributed by atoms with Crippen LogP contribution in [0.2, 0.25) is 0 Å². The molecule has 0 aromatic heterocycles. The predicted molar refractivity (Wildman–Crippen MR) is 42.2 cm³/mol. The second-order valence-electron chi connectivity index (χ2n) is 1.98. The topological polar surface area (TPSA) is 74.6 Å². The standard InChI is InChI=1S/2C4H5O2.Zn/c2*1-3(2)4(5)6;/h2*1H,2H3,(H,5,6);/q2*-1;+2. The Morgan fingerprint density at radius 2 is 1.00 bits per heavy atom. The van der Waals surface area contributed by atoms with Crippen LogP contribution in [-0.4, -0.2) is 22.2 Å². The van der Waals surface area contributed by atoms with E-state index in [2.05, 4.69) is 0 Å². The molecule has 5 heteroatoms. The quantitative estimate of drug-likeness (QED) is 0.424. The minimum absolute atomic E-state index is 0. The van der Waals surface area contributed by atoms with Crippen LogP contribution in [0.3, 0.4) is 0 Å². The maximum atomic E-state index is 9.54. The van der Waals surface area contributed by atoms with Gasteiger partial charge in [0.1, 0.15) is 0 Å². The third-order valence-corrected chi connectivity index (χ3v) is 0.675. The van der Waals surface area contributed by atoms with E-state index in [-0.39, 0.29) is 30.6 Å². The Morgan fingerprint density at radius 1 is 0.923 bits per heavy atom. The van der Waals surface area contributed by atoms with Gasteiger partial charge >= 0.3 is 19.5 Å². The zero-order valence-electron chi connectivity index (χ0n) is 7.57. The molecule has 0 spiro atoms. The van der Waals surface area contributed by atoms with Gasteiger partial charge in [-0.25, -0.2) is 0 Å². The number of hydrogen-bond donors (Lipinski definition) is 2. The molecule has 0 amide bonds. The summed E-state index contributed by atoms with van der Waals surface area (Å²) >= 11 is 0. The van der Waals surface area contributed by atoms with Gasteiger partial charge in [-0.15, -0.1) is 11.1 Å². The molecule has 0 fully saturated rings.